The van der Waals surface area contributed by atoms with E-state index in [4.69, 9.17) is 0 Å². The van der Waals surface area contributed by atoms with Gasteiger partial charge in [-0.15, -0.1) is 0 Å². The number of nitrogens with zero attached hydrogens (tertiary/aromatic N) is 1. The molecule has 0 bridgehead atoms. The molecular formula is C21H36N2O2. The topological polar surface area (TPSA) is 59.1 Å². The molecule has 1 N–H and O–H groups in total. The minimum absolute atomic E-state index is 0.0209. The van der Waals surface area contributed by atoms with Gasteiger partial charge in [-0.2, -0.15) is 0 Å². The van der Waals surface area contributed by atoms with Crippen LogP contribution in [0.2, 0.25) is 0 Å². The molecule has 3 atom stereocenters. The molecule has 0 aliphatic heterocycles. The lowest BCUT2D eigenvalue weighted by molar-refractivity contribution is -0.130. The molecule has 2 rings (SSSR count). The number of pyridine rings is 1. The lowest BCUT2D eigenvalue weighted by Crippen LogP contribution is -2.49. The van der Waals surface area contributed by atoms with Gasteiger partial charge in [0.1, 0.15) is 0 Å². The summed E-state index contributed by atoms with van der Waals surface area (Å²) in [5.41, 5.74) is 0.699. The normalized spacial score (nSPS) is 19.4. The zero-order valence-electron chi connectivity index (χ0n) is 17.2. The Morgan fingerprint density at radius 3 is 2.24 bits per heavy atom. The molecule has 142 valence electrons. The molecule has 0 radical (unpaired) electrons. The predicted molar refractivity (Wildman–Crippen MR) is 104 cm³/mol. The van der Waals surface area contributed by atoms with Gasteiger partial charge in [0.2, 0.25) is 5.91 Å². The van der Waals surface area contributed by atoms with Crippen molar-refractivity contribution in [1.29, 1.82) is 0 Å². The molecule has 1 fully saturated rings. The quantitative estimate of drug-likeness (QED) is 0.835. The van der Waals surface area contributed by atoms with Crippen LogP contribution in [0.4, 0.5) is 0 Å². The molecule has 0 spiro atoms. The van der Waals surface area contributed by atoms with E-state index >= 15 is 0 Å². The number of nitrogens with one attached hydrogen (secondary N) is 1. The smallest absolute Gasteiger partial charge is 0.224 e. The molecule has 0 saturated heterocycles. The van der Waals surface area contributed by atoms with Gasteiger partial charge in [0, 0.05) is 30.1 Å². The molecule has 25 heavy (non-hydrogen) atoms. The first-order valence-electron chi connectivity index (χ1n) is 9.58. The van der Waals surface area contributed by atoms with E-state index in [0.29, 0.717) is 6.42 Å². The Balaban J connectivity index is 0.00000134. The minimum atomic E-state index is -0.417. The van der Waals surface area contributed by atoms with Gasteiger partial charge < -0.3 is 5.32 Å². The third-order valence-corrected chi connectivity index (χ3v) is 4.02. The van der Waals surface area contributed by atoms with Crippen LogP contribution in [0, 0.1) is 11.3 Å². The van der Waals surface area contributed by atoms with Crippen LogP contribution in [0.1, 0.15) is 79.8 Å². The maximum absolute atomic E-state index is 12.4. The molecule has 2 unspecified atom stereocenters. The van der Waals surface area contributed by atoms with Gasteiger partial charge in [0.05, 0.1) is 6.04 Å². The third-order valence-electron chi connectivity index (χ3n) is 4.02. The van der Waals surface area contributed by atoms with E-state index in [2.05, 4.69) is 10.3 Å². The number of aromatic nitrogens is 1. The van der Waals surface area contributed by atoms with Crippen LogP contribution in [0.3, 0.4) is 0 Å². The molecule has 0 aromatic carbocycles. The summed E-state index contributed by atoms with van der Waals surface area (Å²) in [7, 11) is 0. The summed E-state index contributed by atoms with van der Waals surface area (Å²) in [6.45, 7) is 15.8. The molecule has 1 aromatic rings. The SMILES string of the molecule is CC.CC.CCC(=O)C(NC(=O)[C@H]1CC1c1ccccn1)C(C)(C)C. The van der Waals surface area contributed by atoms with E-state index in [9.17, 15) is 9.59 Å². The Hall–Kier alpha value is -1.71. The number of hydrogen-bond donors (Lipinski definition) is 1. The van der Waals surface area contributed by atoms with Gasteiger partial charge >= 0.3 is 0 Å². The van der Waals surface area contributed by atoms with Crippen molar-refractivity contribution < 1.29 is 9.59 Å². The van der Waals surface area contributed by atoms with E-state index < -0.39 is 6.04 Å². The Morgan fingerprint density at radius 2 is 1.80 bits per heavy atom. The Morgan fingerprint density at radius 1 is 1.20 bits per heavy atom. The van der Waals surface area contributed by atoms with Crippen molar-refractivity contribution in [3.8, 4) is 0 Å². The zero-order valence-corrected chi connectivity index (χ0v) is 17.2. The van der Waals surface area contributed by atoms with Crippen molar-refractivity contribution in [2.24, 2.45) is 11.3 Å². The number of hydrogen-bond acceptors (Lipinski definition) is 3. The second kappa shape index (κ2) is 11.0. The third kappa shape index (κ3) is 6.97. The molecule has 1 aliphatic carbocycles. The first-order chi connectivity index (χ1) is 11.8. The highest BCUT2D eigenvalue weighted by Crippen LogP contribution is 2.46. The van der Waals surface area contributed by atoms with Crippen LogP contribution in [0.5, 0.6) is 0 Å². The maximum Gasteiger partial charge on any atom is 0.224 e. The van der Waals surface area contributed by atoms with E-state index in [1.807, 2.05) is 73.6 Å². The first kappa shape index (κ1) is 23.3. The van der Waals surface area contributed by atoms with Gasteiger partial charge in [-0.25, -0.2) is 0 Å². The summed E-state index contributed by atoms with van der Waals surface area (Å²) in [5.74, 6) is 0.219. The van der Waals surface area contributed by atoms with Crippen molar-refractivity contribution >= 4 is 11.7 Å². The van der Waals surface area contributed by atoms with Crippen LogP contribution in [-0.4, -0.2) is 22.7 Å². The van der Waals surface area contributed by atoms with E-state index in [-0.39, 0.29) is 28.9 Å². The van der Waals surface area contributed by atoms with Gasteiger partial charge in [0.25, 0.3) is 0 Å². The number of rotatable bonds is 5. The zero-order chi connectivity index (χ0) is 19.6. The molecule has 4 heteroatoms. The summed E-state index contributed by atoms with van der Waals surface area (Å²) >= 11 is 0. The number of carbonyl (C=O) groups is 2. The number of amides is 1. The summed E-state index contributed by atoms with van der Waals surface area (Å²) in [4.78, 5) is 28.7. The van der Waals surface area contributed by atoms with Crippen molar-refractivity contribution in [3.63, 3.8) is 0 Å². The Bertz CT molecular complexity index is 520. The average molecular weight is 349 g/mol. The largest absolute Gasteiger partial charge is 0.346 e. The predicted octanol–water partition coefficient (Wildman–Crippen LogP) is 4.75. The molecule has 1 aromatic heterocycles. The van der Waals surface area contributed by atoms with Crippen molar-refractivity contribution in [3.05, 3.63) is 30.1 Å². The second-order valence-electron chi connectivity index (χ2n) is 6.83. The fourth-order valence-electron chi connectivity index (χ4n) is 2.64. The fourth-order valence-corrected chi connectivity index (χ4v) is 2.64. The highest BCUT2D eigenvalue weighted by atomic mass is 16.2. The van der Waals surface area contributed by atoms with E-state index in [1.165, 1.54) is 0 Å². The Kier molecular flexibility index (Phi) is 10.3. The monoisotopic (exact) mass is 348 g/mol. The van der Waals surface area contributed by atoms with Crippen LogP contribution < -0.4 is 5.32 Å². The molecular weight excluding hydrogens is 312 g/mol. The Labute approximate surface area is 153 Å². The van der Waals surface area contributed by atoms with Gasteiger partial charge in [-0.1, -0.05) is 61.5 Å². The number of carbonyl (C=O) groups excluding carboxylic acids is 2. The summed E-state index contributed by atoms with van der Waals surface area (Å²) in [6, 6.07) is 5.35. The lowest BCUT2D eigenvalue weighted by Gasteiger charge is -2.30. The van der Waals surface area contributed by atoms with Crippen molar-refractivity contribution in [1.82, 2.24) is 10.3 Å². The van der Waals surface area contributed by atoms with E-state index in [1.54, 1.807) is 6.20 Å². The number of Topliss-reactive ketones (excluding diaryl/α,β-unsaturated/α-hetero) is 1. The fraction of sp³-hybridized carbons (Fsp3) is 0.667. The molecule has 1 saturated carbocycles. The van der Waals surface area contributed by atoms with Gasteiger partial charge in [-0.05, 0) is 24.0 Å². The first-order valence-corrected chi connectivity index (χ1v) is 9.58. The maximum atomic E-state index is 12.4. The standard InChI is InChI=1S/C17H24N2O2.2C2H6/c1-5-14(20)15(17(2,3)4)19-16(21)12-10-11(12)13-8-6-7-9-18-13;2*1-2/h6-9,11-12,15H,5,10H2,1-4H3,(H,19,21);2*1-2H3/t11?,12-,15?;;/m0../s1. The average Bonchev–Trinajstić information content (AvgIpc) is 3.43. The number of ketones is 1. The molecule has 1 heterocycles. The highest BCUT2D eigenvalue weighted by molar-refractivity contribution is 5.91. The summed E-state index contributed by atoms with van der Waals surface area (Å²) in [5, 5.41) is 2.95. The van der Waals surface area contributed by atoms with Crippen molar-refractivity contribution in [2.45, 2.75) is 80.2 Å². The van der Waals surface area contributed by atoms with Crippen LogP contribution in [0.25, 0.3) is 0 Å². The lowest BCUT2D eigenvalue weighted by atomic mass is 9.83. The van der Waals surface area contributed by atoms with E-state index in [0.717, 1.165) is 12.1 Å². The van der Waals surface area contributed by atoms with Crippen molar-refractivity contribution in [2.75, 3.05) is 0 Å². The highest BCUT2D eigenvalue weighted by Gasteiger charge is 2.46. The molecule has 1 amide bonds. The molecule has 4 nitrogen and oxygen atoms in total. The van der Waals surface area contributed by atoms with Crippen LogP contribution >= 0.6 is 0 Å². The molecule has 1 aliphatic rings. The van der Waals surface area contributed by atoms with Gasteiger partial charge in [0.15, 0.2) is 5.78 Å². The summed E-state index contributed by atoms with van der Waals surface area (Å²) in [6.07, 6.45) is 3.01. The van der Waals surface area contributed by atoms with Crippen LogP contribution in [-0.2, 0) is 9.59 Å². The summed E-state index contributed by atoms with van der Waals surface area (Å²) < 4.78 is 0. The van der Waals surface area contributed by atoms with Crippen LogP contribution in [0.15, 0.2) is 24.4 Å². The minimum Gasteiger partial charge on any atom is -0.346 e. The van der Waals surface area contributed by atoms with Gasteiger partial charge in [-0.3, -0.25) is 14.6 Å². The second-order valence-corrected chi connectivity index (χ2v) is 6.83.